The molecule has 0 saturated carbocycles. The molecule has 0 aliphatic heterocycles. The minimum Gasteiger partial charge on any atom is -0.491 e. The predicted molar refractivity (Wildman–Crippen MR) is 80.8 cm³/mol. The molecular formula is C15H21N3O3. The molecule has 2 rings (SSSR count). The van der Waals surface area contributed by atoms with Gasteiger partial charge < -0.3 is 19.9 Å². The third-order valence-electron chi connectivity index (χ3n) is 3.17. The van der Waals surface area contributed by atoms with E-state index in [9.17, 15) is 0 Å². The third kappa shape index (κ3) is 3.66. The summed E-state index contributed by atoms with van der Waals surface area (Å²) in [6.45, 7) is 2.92. The molecule has 1 heterocycles. The van der Waals surface area contributed by atoms with Crippen LogP contribution in [-0.4, -0.2) is 35.2 Å². The molecule has 2 aromatic rings. The fourth-order valence-corrected chi connectivity index (χ4v) is 2.16. The first-order valence-corrected chi connectivity index (χ1v) is 6.79. The lowest BCUT2D eigenvalue weighted by Gasteiger charge is -2.09. The molecule has 6 nitrogen and oxygen atoms in total. The summed E-state index contributed by atoms with van der Waals surface area (Å²) in [5.41, 5.74) is 2.97. The molecule has 6 heteroatoms. The molecule has 0 saturated heterocycles. The average Bonchev–Trinajstić information content (AvgIpc) is 2.77. The van der Waals surface area contributed by atoms with E-state index < -0.39 is 0 Å². The Bertz CT molecular complexity index is 579. The zero-order chi connectivity index (χ0) is 15.2. The molecule has 0 radical (unpaired) electrons. The van der Waals surface area contributed by atoms with Crippen LogP contribution in [0, 0.1) is 6.92 Å². The quantitative estimate of drug-likeness (QED) is 0.813. The van der Waals surface area contributed by atoms with E-state index in [0.29, 0.717) is 13.2 Å². The smallest absolute Gasteiger partial charge is 0.216 e. The minimum atomic E-state index is 0.0140. The lowest BCUT2D eigenvalue weighted by atomic mass is 10.2. The third-order valence-corrected chi connectivity index (χ3v) is 3.17. The van der Waals surface area contributed by atoms with Crippen molar-refractivity contribution in [3.05, 3.63) is 35.5 Å². The van der Waals surface area contributed by atoms with Crippen molar-refractivity contribution < 1.29 is 14.6 Å². The first-order chi connectivity index (χ1) is 10.2. The van der Waals surface area contributed by atoms with Crippen molar-refractivity contribution in [2.24, 2.45) is 7.05 Å². The highest BCUT2D eigenvalue weighted by Crippen LogP contribution is 2.23. The molecule has 0 atom stereocenters. The van der Waals surface area contributed by atoms with Gasteiger partial charge in [0.2, 0.25) is 5.88 Å². The Morgan fingerprint density at radius 1 is 1.29 bits per heavy atom. The number of rotatable bonds is 7. The fourth-order valence-electron chi connectivity index (χ4n) is 2.16. The van der Waals surface area contributed by atoms with Crippen molar-refractivity contribution in [1.82, 2.24) is 9.78 Å². The van der Waals surface area contributed by atoms with Crippen LogP contribution in [0.5, 0.6) is 11.6 Å². The summed E-state index contributed by atoms with van der Waals surface area (Å²) < 4.78 is 12.4. The van der Waals surface area contributed by atoms with E-state index in [1.54, 1.807) is 11.8 Å². The van der Waals surface area contributed by atoms with Crippen LogP contribution >= 0.6 is 0 Å². The highest BCUT2D eigenvalue weighted by atomic mass is 16.5. The zero-order valence-corrected chi connectivity index (χ0v) is 12.6. The van der Waals surface area contributed by atoms with Crippen LogP contribution in [0.25, 0.3) is 0 Å². The van der Waals surface area contributed by atoms with Crippen LogP contribution < -0.4 is 14.8 Å². The Morgan fingerprint density at radius 2 is 2.00 bits per heavy atom. The molecule has 21 heavy (non-hydrogen) atoms. The summed E-state index contributed by atoms with van der Waals surface area (Å²) in [4.78, 5) is 0. The number of methoxy groups -OCH3 is 1. The van der Waals surface area contributed by atoms with Gasteiger partial charge in [0.25, 0.3) is 0 Å². The van der Waals surface area contributed by atoms with Gasteiger partial charge in [0.05, 0.1) is 25.0 Å². The Balaban J connectivity index is 2.00. The fraction of sp³-hybridized carbons (Fsp3) is 0.400. The molecule has 2 N–H and O–H groups in total. The lowest BCUT2D eigenvalue weighted by molar-refractivity contribution is 0.201. The van der Waals surface area contributed by atoms with E-state index in [1.165, 1.54) is 0 Å². The van der Waals surface area contributed by atoms with Crippen LogP contribution in [0.1, 0.15) is 11.3 Å². The van der Waals surface area contributed by atoms with Gasteiger partial charge in [-0.15, -0.1) is 0 Å². The van der Waals surface area contributed by atoms with Crippen molar-refractivity contribution in [3.63, 3.8) is 0 Å². The molecule has 0 aliphatic rings. The Hall–Kier alpha value is -2.21. The van der Waals surface area contributed by atoms with Gasteiger partial charge >= 0.3 is 0 Å². The molecule has 0 fully saturated rings. The summed E-state index contributed by atoms with van der Waals surface area (Å²) in [6.07, 6.45) is 0. The van der Waals surface area contributed by atoms with Crippen molar-refractivity contribution in [3.8, 4) is 11.6 Å². The van der Waals surface area contributed by atoms with Gasteiger partial charge in [0.1, 0.15) is 12.4 Å². The molecule has 114 valence electrons. The Labute approximate surface area is 124 Å². The molecule has 0 aliphatic carbocycles. The number of aliphatic hydroxyl groups is 1. The zero-order valence-electron chi connectivity index (χ0n) is 12.6. The molecule has 1 aromatic heterocycles. The van der Waals surface area contributed by atoms with Gasteiger partial charge in [-0.2, -0.15) is 5.10 Å². The summed E-state index contributed by atoms with van der Waals surface area (Å²) in [6, 6.07) is 7.60. The number of aliphatic hydroxyl groups excluding tert-OH is 1. The standard InChI is InChI=1S/C15H21N3O3/c1-11-14(15(20-3)18(2)17-11)10-16-12-4-6-13(7-5-12)21-9-8-19/h4-7,16,19H,8-10H2,1-3H3. The number of anilines is 1. The van der Waals surface area contributed by atoms with Crippen molar-refractivity contribution in [2.45, 2.75) is 13.5 Å². The molecule has 0 bridgehead atoms. The maximum atomic E-state index is 8.71. The highest BCUT2D eigenvalue weighted by molar-refractivity contribution is 5.47. The number of ether oxygens (including phenoxy) is 2. The number of hydrogen-bond donors (Lipinski definition) is 2. The molecule has 1 aromatic carbocycles. The number of aryl methyl sites for hydroxylation is 2. The molecule has 0 unspecified atom stereocenters. The largest absolute Gasteiger partial charge is 0.491 e. The van der Waals surface area contributed by atoms with Crippen LogP contribution in [0.3, 0.4) is 0 Å². The molecular weight excluding hydrogens is 270 g/mol. The van der Waals surface area contributed by atoms with Gasteiger partial charge in [-0.05, 0) is 31.2 Å². The normalized spacial score (nSPS) is 10.5. The number of aromatic nitrogens is 2. The summed E-state index contributed by atoms with van der Waals surface area (Å²) >= 11 is 0. The van der Waals surface area contributed by atoms with Crippen molar-refractivity contribution in [1.29, 1.82) is 0 Å². The topological polar surface area (TPSA) is 68.5 Å². The van der Waals surface area contributed by atoms with Crippen LogP contribution in [0.15, 0.2) is 24.3 Å². The maximum Gasteiger partial charge on any atom is 0.216 e. The average molecular weight is 291 g/mol. The van der Waals surface area contributed by atoms with E-state index in [4.69, 9.17) is 14.6 Å². The SMILES string of the molecule is COc1c(CNc2ccc(OCCO)cc2)c(C)nn1C. The monoisotopic (exact) mass is 291 g/mol. The second-order valence-electron chi connectivity index (χ2n) is 4.65. The van der Waals surface area contributed by atoms with E-state index in [-0.39, 0.29) is 6.61 Å². The van der Waals surface area contributed by atoms with Crippen molar-refractivity contribution >= 4 is 5.69 Å². The van der Waals surface area contributed by atoms with E-state index in [2.05, 4.69) is 10.4 Å². The highest BCUT2D eigenvalue weighted by Gasteiger charge is 2.13. The number of hydrogen-bond acceptors (Lipinski definition) is 5. The summed E-state index contributed by atoms with van der Waals surface area (Å²) in [5, 5.41) is 16.4. The minimum absolute atomic E-state index is 0.0140. The first kappa shape index (κ1) is 15.2. The van der Waals surface area contributed by atoms with Crippen LogP contribution in [-0.2, 0) is 13.6 Å². The van der Waals surface area contributed by atoms with E-state index >= 15 is 0 Å². The predicted octanol–water partition coefficient (Wildman–Crippen LogP) is 1.72. The Kier molecular flexibility index (Phi) is 5.05. The molecule has 0 amide bonds. The maximum absolute atomic E-state index is 8.71. The number of nitrogens with one attached hydrogen (secondary N) is 1. The van der Waals surface area contributed by atoms with Crippen LogP contribution in [0.4, 0.5) is 5.69 Å². The first-order valence-electron chi connectivity index (χ1n) is 6.79. The van der Waals surface area contributed by atoms with Crippen molar-refractivity contribution in [2.75, 3.05) is 25.6 Å². The second kappa shape index (κ2) is 6.99. The summed E-state index contributed by atoms with van der Waals surface area (Å²) in [5.74, 6) is 1.51. The van der Waals surface area contributed by atoms with Crippen LogP contribution in [0.2, 0.25) is 0 Å². The van der Waals surface area contributed by atoms with E-state index in [1.807, 2.05) is 38.2 Å². The Morgan fingerprint density at radius 3 is 2.62 bits per heavy atom. The van der Waals surface area contributed by atoms with E-state index in [0.717, 1.165) is 28.6 Å². The number of benzene rings is 1. The van der Waals surface area contributed by atoms with Gasteiger partial charge in [0, 0.05) is 19.3 Å². The van der Waals surface area contributed by atoms with Gasteiger partial charge in [-0.1, -0.05) is 0 Å². The van der Waals surface area contributed by atoms with Gasteiger partial charge in [-0.25, -0.2) is 4.68 Å². The lowest BCUT2D eigenvalue weighted by Crippen LogP contribution is -2.04. The second-order valence-corrected chi connectivity index (χ2v) is 4.65. The summed E-state index contributed by atoms with van der Waals surface area (Å²) in [7, 11) is 3.51. The number of nitrogens with zero attached hydrogens (tertiary/aromatic N) is 2. The van der Waals surface area contributed by atoms with Gasteiger partial charge in [0.15, 0.2) is 0 Å². The van der Waals surface area contributed by atoms with Gasteiger partial charge in [-0.3, -0.25) is 0 Å². The molecule has 0 spiro atoms.